The van der Waals surface area contributed by atoms with Crippen molar-refractivity contribution in [3.05, 3.63) is 55.9 Å². The molecule has 2 aromatic heterocycles. The van der Waals surface area contributed by atoms with Crippen LogP contribution >= 0.6 is 11.3 Å². The highest BCUT2D eigenvalue weighted by Gasteiger charge is 2.15. The maximum atomic E-state index is 12.4. The third kappa shape index (κ3) is 3.40. The first kappa shape index (κ1) is 17.5. The quantitative estimate of drug-likeness (QED) is 0.541. The zero-order valence-electron chi connectivity index (χ0n) is 13.9. The van der Waals surface area contributed by atoms with Gasteiger partial charge in [0, 0.05) is 17.0 Å². The Labute approximate surface area is 151 Å². The highest BCUT2D eigenvalue weighted by Crippen LogP contribution is 2.28. The van der Waals surface area contributed by atoms with Crippen LogP contribution in [-0.4, -0.2) is 27.5 Å². The molecule has 0 saturated carbocycles. The Balaban J connectivity index is 1.85. The summed E-state index contributed by atoms with van der Waals surface area (Å²) in [6.07, 6.45) is 1.31. The van der Waals surface area contributed by atoms with E-state index < -0.39 is 10.8 Å². The molecular formula is C16H14N4O5S. The van der Waals surface area contributed by atoms with Crippen molar-refractivity contribution in [2.75, 3.05) is 12.4 Å². The smallest absolute Gasteiger partial charge is 0.271 e. The predicted octanol–water partition coefficient (Wildman–Crippen LogP) is 2.32. The molecule has 0 saturated heterocycles. The number of methoxy groups -OCH3 is 1. The van der Waals surface area contributed by atoms with E-state index in [2.05, 4.69) is 10.3 Å². The SMILES string of the molecule is COc1ccc([N+](=O)[O-])cc1NC(=O)Cn1cnc2sc(C)cc2c1=O. The summed E-state index contributed by atoms with van der Waals surface area (Å²) in [5.74, 6) is -0.252. The van der Waals surface area contributed by atoms with Crippen LogP contribution in [0.25, 0.3) is 10.2 Å². The van der Waals surface area contributed by atoms with Gasteiger partial charge in [-0.2, -0.15) is 0 Å². The maximum absolute atomic E-state index is 12.4. The Kier molecular flexibility index (Phi) is 4.67. The molecule has 1 amide bonds. The molecule has 0 atom stereocenters. The summed E-state index contributed by atoms with van der Waals surface area (Å²) in [7, 11) is 1.39. The van der Waals surface area contributed by atoms with Crippen LogP contribution in [0, 0.1) is 17.0 Å². The van der Waals surface area contributed by atoms with Gasteiger partial charge in [-0.15, -0.1) is 11.3 Å². The molecule has 0 fully saturated rings. The summed E-state index contributed by atoms with van der Waals surface area (Å²) in [5, 5.41) is 13.9. The monoisotopic (exact) mass is 374 g/mol. The summed E-state index contributed by atoms with van der Waals surface area (Å²) < 4.78 is 6.29. The number of nitrogens with one attached hydrogen (secondary N) is 1. The molecule has 3 rings (SSSR count). The minimum absolute atomic E-state index is 0.153. The van der Waals surface area contributed by atoms with Crippen molar-refractivity contribution in [1.82, 2.24) is 9.55 Å². The molecule has 0 aliphatic rings. The zero-order valence-corrected chi connectivity index (χ0v) is 14.7. The van der Waals surface area contributed by atoms with E-state index in [4.69, 9.17) is 4.74 Å². The van der Waals surface area contributed by atoms with E-state index in [0.717, 1.165) is 4.88 Å². The molecule has 0 unspecified atom stereocenters. The van der Waals surface area contributed by atoms with E-state index in [1.165, 1.54) is 47.5 Å². The number of hydrogen-bond acceptors (Lipinski definition) is 7. The van der Waals surface area contributed by atoms with Crippen LogP contribution in [-0.2, 0) is 11.3 Å². The van der Waals surface area contributed by atoms with Crippen LogP contribution in [0.15, 0.2) is 35.4 Å². The van der Waals surface area contributed by atoms with Crippen LogP contribution in [0.2, 0.25) is 0 Å². The van der Waals surface area contributed by atoms with Gasteiger partial charge >= 0.3 is 0 Å². The number of rotatable bonds is 5. The first-order valence-corrected chi connectivity index (χ1v) is 8.28. The molecule has 9 nitrogen and oxygen atoms in total. The summed E-state index contributed by atoms with van der Waals surface area (Å²) in [4.78, 5) is 40.8. The number of amides is 1. The van der Waals surface area contributed by atoms with Crippen LogP contribution in [0.3, 0.4) is 0 Å². The second-order valence-corrected chi connectivity index (χ2v) is 6.68. The summed E-state index contributed by atoms with van der Waals surface area (Å²) in [6, 6.07) is 5.59. The fraction of sp³-hybridized carbons (Fsp3) is 0.188. The predicted molar refractivity (Wildman–Crippen MR) is 96.9 cm³/mol. The van der Waals surface area contributed by atoms with Crippen LogP contribution in [0.5, 0.6) is 5.75 Å². The minimum Gasteiger partial charge on any atom is -0.495 e. The molecule has 10 heteroatoms. The number of nitro groups is 1. The molecule has 2 heterocycles. The fourth-order valence-electron chi connectivity index (χ4n) is 2.44. The molecule has 3 aromatic rings. The van der Waals surface area contributed by atoms with Crippen LogP contribution in [0.1, 0.15) is 4.88 Å². The van der Waals surface area contributed by atoms with E-state index in [0.29, 0.717) is 10.2 Å². The minimum atomic E-state index is -0.573. The lowest BCUT2D eigenvalue weighted by Gasteiger charge is -2.10. The van der Waals surface area contributed by atoms with E-state index in [-0.39, 0.29) is 29.2 Å². The van der Waals surface area contributed by atoms with Crippen LogP contribution in [0.4, 0.5) is 11.4 Å². The van der Waals surface area contributed by atoms with E-state index in [9.17, 15) is 19.7 Å². The standard InChI is InChI=1S/C16H14N4O5S/c1-9-5-11-15(26-9)17-8-19(16(11)22)7-14(21)18-12-6-10(20(23)24)3-4-13(12)25-2/h3-6,8H,7H2,1-2H3,(H,18,21). The van der Waals surface area contributed by atoms with Gasteiger partial charge in [0.05, 0.1) is 29.4 Å². The molecule has 134 valence electrons. The second-order valence-electron chi connectivity index (χ2n) is 5.44. The number of benzene rings is 1. The number of carbonyl (C=O) groups is 1. The average Bonchev–Trinajstić information content (AvgIpc) is 2.98. The van der Waals surface area contributed by atoms with E-state index >= 15 is 0 Å². The summed E-state index contributed by atoms with van der Waals surface area (Å²) in [5.41, 5.74) is -0.351. The number of ether oxygens (including phenoxy) is 1. The molecule has 0 bridgehead atoms. The molecule has 0 aliphatic heterocycles. The summed E-state index contributed by atoms with van der Waals surface area (Å²) >= 11 is 1.40. The van der Waals surface area contributed by atoms with Gasteiger partial charge in [-0.05, 0) is 19.1 Å². The number of fused-ring (bicyclic) bond motifs is 1. The molecular weight excluding hydrogens is 360 g/mol. The highest BCUT2D eigenvalue weighted by molar-refractivity contribution is 7.18. The average molecular weight is 374 g/mol. The highest BCUT2D eigenvalue weighted by atomic mass is 32.1. The van der Waals surface area contributed by atoms with Gasteiger partial charge in [-0.1, -0.05) is 0 Å². The van der Waals surface area contributed by atoms with Crippen molar-refractivity contribution in [2.24, 2.45) is 0 Å². The fourth-order valence-corrected chi connectivity index (χ4v) is 3.28. The van der Waals surface area contributed by atoms with Crippen molar-refractivity contribution in [2.45, 2.75) is 13.5 Å². The lowest BCUT2D eigenvalue weighted by Crippen LogP contribution is -2.27. The third-order valence-electron chi connectivity index (χ3n) is 3.62. The van der Waals surface area contributed by atoms with E-state index in [1.807, 2.05) is 6.92 Å². The van der Waals surface area contributed by atoms with Crippen LogP contribution < -0.4 is 15.6 Å². The van der Waals surface area contributed by atoms with Gasteiger partial charge < -0.3 is 10.1 Å². The number of carbonyl (C=O) groups excluding carboxylic acids is 1. The third-order valence-corrected chi connectivity index (χ3v) is 4.58. The first-order valence-electron chi connectivity index (χ1n) is 7.47. The van der Waals surface area contributed by atoms with Crippen molar-refractivity contribution < 1.29 is 14.5 Å². The van der Waals surface area contributed by atoms with Crippen molar-refractivity contribution in [3.63, 3.8) is 0 Å². The molecule has 0 aliphatic carbocycles. The Morgan fingerprint density at radius 1 is 1.42 bits per heavy atom. The van der Waals surface area contributed by atoms with Gasteiger partial charge in [-0.3, -0.25) is 24.3 Å². The number of thiophene rings is 1. The largest absolute Gasteiger partial charge is 0.495 e. The molecule has 26 heavy (non-hydrogen) atoms. The van der Waals surface area contributed by atoms with Crippen molar-refractivity contribution in [1.29, 1.82) is 0 Å². The molecule has 0 spiro atoms. The maximum Gasteiger partial charge on any atom is 0.271 e. The van der Waals surface area contributed by atoms with Gasteiger partial charge in [0.15, 0.2) is 0 Å². The molecule has 1 aromatic carbocycles. The van der Waals surface area contributed by atoms with Gasteiger partial charge in [0.2, 0.25) is 5.91 Å². The van der Waals surface area contributed by atoms with Gasteiger partial charge in [0.1, 0.15) is 17.1 Å². The number of non-ortho nitro benzene ring substituents is 1. The van der Waals surface area contributed by atoms with Crippen molar-refractivity contribution >= 4 is 38.8 Å². The molecule has 0 radical (unpaired) electrons. The Hall–Kier alpha value is -3.27. The Morgan fingerprint density at radius 2 is 2.19 bits per heavy atom. The Bertz CT molecular complexity index is 1070. The number of aromatic nitrogens is 2. The number of anilines is 1. The zero-order chi connectivity index (χ0) is 18.8. The topological polar surface area (TPSA) is 116 Å². The lowest BCUT2D eigenvalue weighted by molar-refractivity contribution is -0.384. The Morgan fingerprint density at radius 3 is 2.88 bits per heavy atom. The number of nitro benzene ring substituents is 1. The van der Waals surface area contributed by atoms with Crippen molar-refractivity contribution in [3.8, 4) is 5.75 Å². The first-order chi connectivity index (χ1) is 12.4. The van der Waals surface area contributed by atoms with Gasteiger partial charge in [-0.25, -0.2) is 4.98 Å². The second kappa shape index (κ2) is 6.92. The number of nitrogens with zero attached hydrogens (tertiary/aromatic N) is 3. The normalized spacial score (nSPS) is 10.7. The number of aryl methyl sites for hydroxylation is 1. The van der Waals surface area contributed by atoms with Gasteiger partial charge in [0.25, 0.3) is 11.2 Å². The summed E-state index contributed by atoms with van der Waals surface area (Å²) in [6.45, 7) is 1.60. The van der Waals surface area contributed by atoms with E-state index in [1.54, 1.807) is 6.07 Å². The number of hydrogen-bond donors (Lipinski definition) is 1. The lowest BCUT2D eigenvalue weighted by atomic mass is 10.2. The molecule has 1 N–H and O–H groups in total.